The largest absolute Gasteiger partial charge is 0.396 e. The van der Waals surface area contributed by atoms with Crippen LogP contribution in [0, 0.1) is 0 Å². The minimum atomic E-state index is -0.587. The van der Waals surface area contributed by atoms with Gasteiger partial charge in [-0.25, -0.2) is 0 Å². The van der Waals surface area contributed by atoms with Crippen molar-refractivity contribution in [1.29, 1.82) is 0 Å². The van der Waals surface area contributed by atoms with Crippen LogP contribution in [-0.4, -0.2) is 18.4 Å². The first-order valence-electron chi connectivity index (χ1n) is 4.73. The van der Waals surface area contributed by atoms with Gasteiger partial charge in [-0.3, -0.25) is 9.59 Å². The molecule has 0 atom stereocenters. The predicted molar refractivity (Wildman–Crippen MR) is 61.7 cm³/mol. The van der Waals surface area contributed by atoms with Crippen molar-refractivity contribution in [2.45, 2.75) is 6.42 Å². The van der Waals surface area contributed by atoms with Gasteiger partial charge in [-0.05, 0) is 12.1 Å². The van der Waals surface area contributed by atoms with Gasteiger partial charge in [-0.15, -0.1) is 0 Å². The van der Waals surface area contributed by atoms with Crippen LogP contribution in [0.3, 0.4) is 0 Å². The van der Waals surface area contributed by atoms with Crippen LogP contribution in [0.1, 0.15) is 16.8 Å². The van der Waals surface area contributed by atoms with Gasteiger partial charge in [-0.2, -0.15) is 0 Å². The van der Waals surface area contributed by atoms with Gasteiger partial charge in [0.15, 0.2) is 0 Å². The van der Waals surface area contributed by atoms with Crippen LogP contribution in [-0.2, 0) is 4.79 Å². The Morgan fingerprint density at radius 1 is 1.25 bits per heavy atom. The van der Waals surface area contributed by atoms with Gasteiger partial charge < -0.3 is 22.5 Å². The Bertz CT molecular complexity index is 417. The van der Waals surface area contributed by atoms with Crippen molar-refractivity contribution in [1.82, 2.24) is 0 Å². The molecule has 1 aromatic rings. The zero-order valence-corrected chi connectivity index (χ0v) is 8.69. The molecule has 0 saturated carbocycles. The highest BCUT2D eigenvalue weighted by Crippen LogP contribution is 2.22. The molecule has 1 rings (SSSR count). The molecule has 7 N–H and O–H groups in total. The van der Waals surface area contributed by atoms with E-state index in [4.69, 9.17) is 17.2 Å². The summed E-state index contributed by atoms with van der Waals surface area (Å²) in [5.41, 5.74) is 16.9. The standard InChI is InChI=1S/C10H14N4O2/c11-8(15)4-5-14-7-3-1-2-6(9(7)12)10(13)16/h1-3,14H,4-5,12H2,(H2,11,15)(H2,13,16). The molecule has 6 nitrogen and oxygen atoms in total. The smallest absolute Gasteiger partial charge is 0.250 e. The zero-order valence-electron chi connectivity index (χ0n) is 8.69. The summed E-state index contributed by atoms with van der Waals surface area (Å²) in [6.45, 7) is 0.363. The van der Waals surface area contributed by atoms with Crippen molar-refractivity contribution in [2.75, 3.05) is 17.6 Å². The van der Waals surface area contributed by atoms with Crippen molar-refractivity contribution in [3.8, 4) is 0 Å². The van der Waals surface area contributed by atoms with Crippen LogP contribution >= 0.6 is 0 Å². The Labute approximate surface area is 92.8 Å². The summed E-state index contributed by atoms with van der Waals surface area (Å²) in [5, 5.41) is 2.91. The van der Waals surface area contributed by atoms with Gasteiger partial charge in [0.2, 0.25) is 5.91 Å². The fourth-order valence-corrected chi connectivity index (χ4v) is 1.25. The molecule has 0 saturated heterocycles. The maximum Gasteiger partial charge on any atom is 0.250 e. The van der Waals surface area contributed by atoms with Crippen LogP contribution in [0.15, 0.2) is 18.2 Å². The number of carbonyl (C=O) groups excluding carboxylic acids is 2. The lowest BCUT2D eigenvalue weighted by Gasteiger charge is -2.10. The van der Waals surface area contributed by atoms with E-state index in [-0.39, 0.29) is 17.7 Å². The molecule has 0 spiro atoms. The van der Waals surface area contributed by atoms with E-state index in [0.29, 0.717) is 12.2 Å². The number of para-hydroxylation sites is 1. The molecule has 0 fully saturated rings. The van der Waals surface area contributed by atoms with Crippen LogP contribution in [0.25, 0.3) is 0 Å². The molecule has 2 amide bonds. The molecule has 0 bridgehead atoms. The average Bonchev–Trinajstić information content (AvgIpc) is 2.19. The van der Waals surface area contributed by atoms with Gasteiger partial charge in [0, 0.05) is 13.0 Å². The summed E-state index contributed by atoms with van der Waals surface area (Å²) in [4.78, 5) is 21.5. The normalized spacial score (nSPS) is 9.75. The van der Waals surface area contributed by atoms with E-state index in [0.717, 1.165) is 0 Å². The third-order valence-electron chi connectivity index (χ3n) is 2.06. The molecule has 86 valence electrons. The third-order valence-corrected chi connectivity index (χ3v) is 2.06. The highest BCUT2D eigenvalue weighted by Gasteiger charge is 2.08. The monoisotopic (exact) mass is 222 g/mol. The second-order valence-corrected chi connectivity index (χ2v) is 3.27. The maximum absolute atomic E-state index is 11.0. The average molecular weight is 222 g/mol. The molecule has 0 aliphatic rings. The summed E-state index contributed by atoms with van der Waals surface area (Å²) in [6.07, 6.45) is 0.195. The van der Waals surface area contributed by atoms with E-state index >= 15 is 0 Å². The van der Waals surface area contributed by atoms with Gasteiger partial charge in [0.1, 0.15) is 0 Å². The Kier molecular flexibility index (Phi) is 3.71. The van der Waals surface area contributed by atoms with E-state index in [1.807, 2.05) is 0 Å². The topological polar surface area (TPSA) is 124 Å². The molecule has 0 aromatic heterocycles. The maximum atomic E-state index is 11.0. The quantitative estimate of drug-likeness (QED) is 0.508. The van der Waals surface area contributed by atoms with Crippen LogP contribution < -0.4 is 22.5 Å². The van der Waals surface area contributed by atoms with Crippen LogP contribution in [0.4, 0.5) is 11.4 Å². The minimum absolute atomic E-state index is 0.195. The first-order valence-corrected chi connectivity index (χ1v) is 4.73. The van der Waals surface area contributed by atoms with Crippen molar-refractivity contribution >= 4 is 23.2 Å². The predicted octanol–water partition coefficient (Wildman–Crippen LogP) is -0.345. The van der Waals surface area contributed by atoms with Crippen molar-refractivity contribution in [2.24, 2.45) is 11.5 Å². The van der Waals surface area contributed by atoms with E-state index in [1.54, 1.807) is 12.1 Å². The minimum Gasteiger partial charge on any atom is -0.396 e. The fraction of sp³-hybridized carbons (Fsp3) is 0.200. The lowest BCUT2D eigenvalue weighted by atomic mass is 10.1. The number of amides is 2. The lowest BCUT2D eigenvalue weighted by molar-refractivity contribution is -0.117. The Hall–Kier alpha value is -2.24. The number of nitrogen functional groups attached to an aromatic ring is 1. The highest BCUT2D eigenvalue weighted by molar-refractivity contribution is 6.00. The molecule has 0 unspecified atom stereocenters. The molecular weight excluding hydrogens is 208 g/mol. The molecule has 0 aliphatic heterocycles. The Morgan fingerprint density at radius 2 is 1.94 bits per heavy atom. The van der Waals surface area contributed by atoms with Crippen molar-refractivity contribution < 1.29 is 9.59 Å². The second kappa shape index (κ2) is 5.01. The third kappa shape index (κ3) is 2.88. The van der Waals surface area contributed by atoms with Crippen LogP contribution in [0.2, 0.25) is 0 Å². The van der Waals surface area contributed by atoms with Gasteiger partial charge in [0.25, 0.3) is 5.91 Å². The molecule has 0 aliphatic carbocycles. The molecule has 6 heteroatoms. The number of anilines is 2. The van der Waals surface area contributed by atoms with Gasteiger partial charge in [-0.1, -0.05) is 6.07 Å². The second-order valence-electron chi connectivity index (χ2n) is 3.27. The molecule has 0 heterocycles. The Morgan fingerprint density at radius 3 is 2.50 bits per heavy atom. The summed E-state index contributed by atoms with van der Waals surface area (Å²) in [5.74, 6) is -0.992. The number of hydrogen-bond acceptors (Lipinski definition) is 4. The SMILES string of the molecule is NC(=O)CCNc1cccc(C(N)=O)c1N. The first-order chi connectivity index (χ1) is 7.52. The van der Waals surface area contributed by atoms with Crippen LogP contribution in [0.5, 0.6) is 0 Å². The summed E-state index contributed by atoms with van der Waals surface area (Å²) >= 11 is 0. The van der Waals surface area contributed by atoms with E-state index in [1.165, 1.54) is 6.07 Å². The lowest BCUT2D eigenvalue weighted by Crippen LogP contribution is -2.18. The number of carbonyl (C=O) groups is 2. The number of rotatable bonds is 5. The van der Waals surface area contributed by atoms with E-state index in [9.17, 15) is 9.59 Å². The van der Waals surface area contributed by atoms with Gasteiger partial charge >= 0.3 is 0 Å². The number of benzene rings is 1. The number of primary amides is 2. The fourth-order valence-electron chi connectivity index (χ4n) is 1.25. The van der Waals surface area contributed by atoms with Crippen molar-refractivity contribution in [3.63, 3.8) is 0 Å². The number of hydrogen-bond donors (Lipinski definition) is 4. The molecule has 1 aromatic carbocycles. The zero-order chi connectivity index (χ0) is 12.1. The van der Waals surface area contributed by atoms with E-state index in [2.05, 4.69) is 5.32 Å². The molecule has 16 heavy (non-hydrogen) atoms. The highest BCUT2D eigenvalue weighted by atomic mass is 16.1. The van der Waals surface area contributed by atoms with Gasteiger partial charge in [0.05, 0.1) is 16.9 Å². The number of nitrogens with one attached hydrogen (secondary N) is 1. The summed E-state index contributed by atoms with van der Waals surface area (Å²) in [6, 6.07) is 4.89. The number of nitrogens with two attached hydrogens (primary N) is 3. The first kappa shape index (κ1) is 11.8. The summed E-state index contributed by atoms with van der Waals surface area (Å²) in [7, 11) is 0. The van der Waals surface area contributed by atoms with E-state index < -0.39 is 11.8 Å². The summed E-state index contributed by atoms with van der Waals surface area (Å²) < 4.78 is 0. The molecule has 0 radical (unpaired) electrons. The molecular formula is C10H14N4O2. The van der Waals surface area contributed by atoms with Crippen molar-refractivity contribution in [3.05, 3.63) is 23.8 Å². The Balaban J connectivity index is 2.77.